The zero-order valence-electron chi connectivity index (χ0n) is 13.6. The molecule has 1 rings (SSSR count). The van der Waals surface area contributed by atoms with Gasteiger partial charge in [0.15, 0.2) is 6.10 Å². The van der Waals surface area contributed by atoms with Gasteiger partial charge in [-0.25, -0.2) is 4.79 Å². The van der Waals surface area contributed by atoms with E-state index < -0.39 is 29.8 Å². The van der Waals surface area contributed by atoms with Gasteiger partial charge < -0.3 is 14.6 Å². The molecule has 0 saturated heterocycles. The van der Waals surface area contributed by atoms with E-state index in [0.717, 1.165) is 24.3 Å². The van der Waals surface area contributed by atoms with Crippen LogP contribution in [0.1, 0.15) is 25.8 Å². The molecule has 0 fully saturated rings. The maximum Gasteiger partial charge on any atom is 0.416 e. The monoisotopic (exact) mass is 380 g/mol. The van der Waals surface area contributed by atoms with Crippen molar-refractivity contribution in [3.63, 3.8) is 0 Å². The van der Waals surface area contributed by atoms with Crippen molar-refractivity contribution < 1.29 is 32.0 Å². The maximum atomic E-state index is 12.5. The molecule has 1 atom stereocenters. The molecule has 0 aliphatic heterocycles. The van der Waals surface area contributed by atoms with E-state index in [1.165, 1.54) is 0 Å². The van der Waals surface area contributed by atoms with Crippen molar-refractivity contribution in [3.8, 4) is 0 Å². The number of halogens is 3. The third-order valence-corrected chi connectivity index (χ3v) is 3.27. The van der Waals surface area contributed by atoms with E-state index in [4.69, 9.17) is 9.29 Å². The lowest BCUT2D eigenvalue weighted by Gasteiger charge is -2.19. The molecule has 1 aromatic carbocycles. The number of carbonyl (C=O) groups is 2. The molecule has 140 valence electrons. The van der Waals surface area contributed by atoms with Crippen molar-refractivity contribution in [2.24, 2.45) is 5.92 Å². The topological polar surface area (TPSA) is 87.7 Å². The smallest absolute Gasteiger partial charge is 0.416 e. The van der Waals surface area contributed by atoms with Gasteiger partial charge in [-0.15, -0.1) is 0 Å². The lowest BCUT2D eigenvalue weighted by molar-refractivity contribution is -0.137. The number of nitrogens with one attached hydrogen (secondary N) is 2. The predicted molar refractivity (Wildman–Crippen MR) is 88.0 cm³/mol. The fraction of sp³-hybridized carbons (Fsp3) is 0.467. The van der Waals surface area contributed by atoms with Crippen LogP contribution in [0.15, 0.2) is 24.3 Å². The highest BCUT2D eigenvalue weighted by atomic mass is 32.2. The molecule has 0 spiro atoms. The van der Waals surface area contributed by atoms with E-state index in [9.17, 15) is 22.8 Å². The fourth-order valence-corrected chi connectivity index (χ4v) is 2.08. The minimum absolute atomic E-state index is 0.0522. The van der Waals surface area contributed by atoms with E-state index >= 15 is 0 Å². The summed E-state index contributed by atoms with van der Waals surface area (Å²) in [6, 6.07) is 3.83. The molecule has 6 nitrogen and oxygen atoms in total. The second kappa shape index (κ2) is 9.52. The Morgan fingerprint density at radius 1 is 1.24 bits per heavy atom. The predicted octanol–water partition coefficient (Wildman–Crippen LogP) is 3.95. The molecule has 2 amide bonds. The molecule has 1 aromatic rings. The van der Waals surface area contributed by atoms with Gasteiger partial charge in [-0.05, 0) is 36.6 Å². The zero-order chi connectivity index (χ0) is 19.0. The molecule has 0 aliphatic rings. The van der Waals surface area contributed by atoms with Crippen LogP contribution in [0.3, 0.4) is 0 Å². The normalized spacial score (nSPS) is 12.6. The maximum absolute atomic E-state index is 12.5. The molecule has 0 radical (unpaired) electrons. The van der Waals surface area contributed by atoms with Crippen molar-refractivity contribution in [3.05, 3.63) is 29.8 Å². The van der Waals surface area contributed by atoms with Gasteiger partial charge in [0.1, 0.15) is 0 Å². The summed E-state index contributed by atoms with van der Waals surface area (Å²) in [5.41, 5.74) is -0.738. The van der Waals surface area contributed by atoms with Gasteiger partial charge in [0, 0.05) is 17.7 Å². The third-order valence-electron chi connectivity index (χ3n) is 3.00. The van der Waals surface area contributed by atoms with Gasteiger partial charge in [-0.1, -0.05) is 13.8 Å². The van der Waals surface area contributed by atoms with Crippen LogP contribution >= 0.6 is 12.0 Å². The molecule has 3 N–H and O–H groups in total. The summed E-state index contributed by atoms with van der Waals surface area (Å²) in [4.78, 5) is 23.8. The van der Waals surface area contributed by atoms with Gasteiger partial charge in [0.2, 0.25) is 0 Å². The number of hydrogen-bond acceptors (Lipinski definition) is 5. The lowest BCUT2D eigenvalue weighted by Crippen LogP contribution is -2.39. The first-order valence-electron chi connectivity index (χ1n) is 7.32. The Kier molecular flexibility index (Phi) is 8.04. The van der Waals surface area contributed by atoms with Crippen molar-refractivity contribution >= 4 is 29.7 Å². The summed E-state index contributed by atoms with van der Waals surface area (Å²) in [6.45, 7) is 3.66. The first kappa shape index (κ1) is 21.1. The number of hydrogen-bond donors (Lipinski definition) is 3. The van der Waals surface area contributed by atoms with Gasteiger partial charge >= 0.3 is 12.3 Å². The Hall–Kier alpha value is -1.94. The molecule has 0 heterocycles. The lowest BCUT2D eigenvalue weighted by atomic mass is 10.1. The van der Waals surface area contributed by atoms with E-state index in [2.05, 4.69) is 10.6 Å². The molecule has 0 bridgehead atoms. The van der Waals surface area contributed by atoms with E-state index in [0.29, 0.717) is 12.0 Å². The average molecular weight is 380 g/mol. The quantitative estimate of drug-likeness (QED) is 0.492. The zero-order valence-corrected chi connectivity index (χ0v) is 14.4. The van der Waals surface area contributed by atoms with Crippen LogP contribution < -0.4 is 10.6 Å². The van der Waals surface area contributed by atoms with Crippen molar-refractivity contribution in [2.75, 3.05) is 11.2 Å². The number of carbonyl (C=O) groups excluding carboxylic acids is 2. The van der Waals surface area contributed by atoms with Crippen LogP contribution in [-0.2, 0) is 15.7 Å². The summed E-state index contributed by atoms with van der Waals surface area (Å²) >= 11 is 0.411. The van der Waals surface area contributed by atoms with Gasteiger partial charge in [-0.2, -0.15) is 13.2 Å². The summed E-state index contributed by atoms with van der Waals surface area (Å²) in [6.07, 6.45) is -6.26. The van der Waals surface area contributed by atoms with Crippen LogP contribution in [-0.4, -0.2) is 28.5 Å². The summed E-state index contributed by atoms with van der Waals surface area (Å²) in [5.74, 6) is -0.577. The van der Waals surface area contributed by atoms with Crippen LogP contribution in [0, 0.1) is 5.92 Å². The summed E-state index contributed by atoms with van der Waals surface area (Å²) < 4.78 is 51.2. The largest absolute Gasteiger partial charge is 0.436 e. The number of anilines is 1. The Morgan fingerprint density at radius 2 is 1.84 bits per heavy atom. The molecule has 0 saturated carbocycles. The number of amides is 2. The van der Waals surface area contributed by atoms with Gasteiger partial charge in [0.25, 0.3) is 5.91 Å². The highest BCUT2D eigenvalue weighted by molar-refractivity contribution is 7.93. The number of rotatable bonds is 7. The molecule has 1 unspecified atom stereocenters. The van der Waals surface area contributed by atoms with Gasteiger partial charge in [-0.3, -0.25) is 10.1 Å². The highest BCUT2D eigenvalue weighted by Crippen LogP contribution is 2.29. The molecular weight excluding hydrogens is 361 g/mol. The Morgan fingerprint density at radius 3 is 2.32 bits per heavy atom. The number of benzene rings is 1. The van der Waals surface area contributed by atoms with Crippen molar-refractivity contribution in [2.45, 2.75) is 32.5 Å². The van der Waals surface area contributed by atoms with Crippen LogP contribution in [0.2, 0.25) is 0 Å². The standard InChI is InChI=1S/C15H19F3N2O4S/c1-9(2)7-12(13(21)19-8-25-23)24-14(22)20-11-5-3-10(4-6-11)15(16,17)18/h3-6,9,12,23H,7-8H2,1-2H3,(H,19,21)(H,20,22). The van der Waals surface area contributed by atoms with Crippen LogP contribution in [0.4, 0.5) is 23.7 Å². The summed E-state index contributed by atoms with van der Waals surface area (Å²) in [7, 11) is 0. The Bertz CT molecular complexity index is 579. The first-order chi connectivity index (χ1) is 11.6. The van der Waals surface area contributed by atoms with E-state index in [1.807, 2.05) is 13.8 Å². The first-order valence-corrected chi connectivity index (χ1v) is 8.26. The number of alkyl halides is 3. The van der Waals surface area contributed by atoms with Crippen molar-refractivity contribution in [1.29, 1.82) is 0 Å². The summed E-state index contributed by atoms with van der Waals surface area (Å²) in [5, 5.41) is 4.65. The third kappa shape index (κ3) is 7.65. The molecule has 0 aliphatic carbocycles. The SMILES string of the molecule is CC(C)CC(OC(=O)Nc1ccc(C(F)(F)F)cc1)C(=O)NCSO. The second-order valence-electron chi connectivity index (χ2n) is 5.54. The van der Waals surface area contributed by atoms with Crippen LogP contribution in [0.5, 0.6) is 0 Å². The number of ether oxygens (including phenoxy) is 1. The molecule has 10 heteroatoms. The fourth-order valence-electron chi connectivity index (χ4n) is 1.87. The Balaban J connectivity index is 2.68. The minimum atomic E-state index is -4.47. The molecular formula is C15H19F3N2O4S. The average Bonchev–Trinajstić information content (AvgIpc) is 2.51. The molecule has 25 heavy (non-hydrogen) atoms. The van der Waals surface area contributed by atoms with Crippen LogP contribution in [0.25, 0.3) is 0 Å². The second-order valence-corrected chi connectivity index (χ2v) is 6.08. The van der Waals surface area contributed by atoms with E-state index in [-0.39, 0.29) is 23.9 Å². The van der Waals surface area contributed by atoms with E-state index in [1.54, 1.807) is 0 Å². The molecule has 0 aromatic heterocycles. The van der Waals surface area contributed by atoms with Crippen molar-refractivity contribution in [1.82, 2.24) is 5.32 Å². The Labute approximate surface area is 147 Å². The highest BCUT2D eigenvalue weighted by Gasteiger charge is 2.30. The minimum Gasteiger partial charge on any atom is -0.436 e. The van der Waals surface area contributed by atoms with Gasteiger partial charge in [0.05, 0.1) is 11.4 Å².